The van der Waals surface area contributed by atoms with E-state index in [1.165, 1.54) is 0 Å². The molecule has 1 unspecified atom stereocenters. The topological polar surface area (TPSA) is 64.3 Å². The van der Waals surface area contributed by atoms with E-state index in [-0.39, 0.29) is 12.5 Å². The van der Waals surface area contributed by atoms with Gasteiger partial charge >= 0.3 is 0 Å². The minimum Gasteiger partial charge on any atom is -0.381 e. The zero-order valence-electron chi connectivity index (χ0n) is 12.4. The lowest BCUT2D eigenvalue weighted by molar-refractivity contribution is 0.0536. The Morgan fingerprint density at radius 3 is 3.10 bits per heavy atom. The van der Waals surface area contributed by atoms with Crippen molar-refractivity contribution >= 4 is 5.91 Å². The van der Waals surface area contributed by atoms with Gasteiger partial charge in [-0.1, -0.05) is 17.9 Å². The Morgan fingerprint density at radius 2 is 2.38 bits per heavy atom. The maximum absolute atomic E-state index is 12.3. The third kappa shape index (κ3) is 4.59. The lowest BCUT2D eigenvalue weighted by atomic mass is 10.0. The highest BCUT2D eigenvalue weighted by atomic mass is 16.5. The molecule has 112 valence electrons. The van der Waals surface area contributed by atoms with Crippen molar-refractivity contribution in [2.45, 2.75) is 19.8 Å². The van der Waals surface area contributed by atoms with Gasteiger partial charge in [-0.25, -0.2) is 0 Å². The van der Waals surface area contributed by atoms with Crippen LogP contribution in [0.15, 0.2) is 18.2 Å². The monoisotopic (exact) mass is 286 g/mol. The lowest BCUT2D eigenvalue weighted by Crippen LogP contribution is -2.33. The predicted octanol–water partition coefficient (Wildman–Crippen LogP) is 1.46. The van der Waals surface area contributed by atoms with E-state index < -0.39 is 0 Å². The summed E-state index contributed by atoms with van der Waals surface area (Å²) in [6.07, 6.45) is 2.17. The molecule has 1 amide bonds. The summed E-state index contributed by atoms with van der Waals surface area (Å²) in [5.41, 5.74) is 7.83. The van der Waals surface area contributed by atoms with E-state index in [0.717, 1.165) is 37.2 Å². The van der Waals surface area contributed by atoms with Crippen LogP contribution in [0.1, 0.15) is 34.3 Å². The van der Waals surface area contributed by atoms with Crippen molar-refractivity contribution in [3.05, 3.63) is 34.9 Å². The van der Waals surface area contributed by atoms with Crippen LogP contribution < -0.4 is 11.1 Å². The Balaban J connectivity index is 2.03. The largest absolute Gasteiger partial charge is 0.381 e. The molecular formula is C17H22N2O2. The van der Waals surface area contributed by atoms with Crippen molar-refractivity contribution in [3.8, 4) is 11.8 Å². The van der Waals surface area contributed by atoms with Crippen LogP contribution in [0.2, 0.25) is 0 Å². The normalized spacial score (nSPS) is 17.7. The molecule has 0 bridgehead atoms. The third-order valence-electron chi connectivity index (χ3n) is 3.55. The van der Waals surface area contributed by atoms with Crippen molar-refractivity contribution in [1.82, 2.24) is 5.32 Å². The molecule has 2 rings (SSSR count). The molecule has 1 aromatic rings. The standard InChI is InChI=1S/C17H22N2O2/c1-13-6-7-16(15(10-13)5-2-8-18)17(20)19-11-14-4-3-9-21-12-14/h6-7,10,14H,3-4,8-9,11-12,18H2,1H3,(H,19,20). The first-order valence-corrected chi connectivity index (χ1v) is 7.36. The average molecular weight is 286 g/mol. The van der Waals surface area contributed by atoms with Gasteiger partial charge in [-0.2, -0.15) is 0 Å². The molecule has 1 aliphatic rings. The van der Waals surface area contributed by atoms with Gasteiger partial charge in [0.25, 0.3) is 5.91 Å². The summed E-state index contributed by atoms with van der Waals surface area (Å²) < 4.78 is 5.43. The zero-order valence-corrected chi connectivity index (χ0v) is 12.4. The molecule has 0 spiro atoms. The number of hydrogen-bond donors (Lipinski definition) is 2. The van der Waals surface area contributed by atoms with Crippen LogP contribution in [0.4, 0.5) is 0 Å². The van der Waals surface area contributed by atoms with Gasteiger partial charge < -0.3 is 15.8 Å². The first kappa shape index (κ1) is 15.6. The van der Waals surface area contributed by atoms with E-state index in [2.05, 4.69) is 17.2 Å². The second-order valence-electron chi connectivity index (χ2n) is 5.35. The lowest BCUT2D eigenvalue weighted by Gasteiger charge is -2.22. The maximum atomic E-state index is 12.3. The summed E-state index contributed by atoms with van der Waals surface area (Å²) in [5.74, 6) is 6.11. The van der Waals surface area contributed by atoms with Gasteiger partial charge in [0.05, 0.1) is 18.7 Å². The number of hydrogen-bond acceptors (Lipinski definition) is 3. The van der Waals surface area contributed by atoms with Crippen LogP contribution in [-0.2, 0) is 4.74 Å². The molecule has 1 atom stereocenters. The summed E-state index contributed by atoms with van der Waals surface area (Å²) in [6, 6.07) is 5.66. The molecule has 1 aliphatic heterocycles. The van der Waals surface area contributed by atoms with E-state index in [0.29, 0.717) is 18.0 Å². The summed E-state index contributed by atoms with van der Waals surface area (Å²) >= 11 is 0. The van der Waals surface area contributed by atoms with Gasteiger partial charge in [-0.05, 0) is 43.4 Å². The van der Waals surface area contributed by atoms with Crippen LogP contribution in [-0.4, -0.2) is 32.2 Å². The smallest absolute Gasteiger partial charge is 0.252 e. The molecule has 0 aliphatic carbocycles. The van der Waals surface area contributed by atoms with Crippen LogP contribution in [0, 0.1) is 24.7 Å². The number of ether oxygens (including phenoxy) is 1. The summed E-state index contributed by atoms with van der Waals surface area (Å²) in [6.45, 7) is 4.48. The molecule has 0 saturated carbocycles. The van der Waals surface area contributed by atoms with Crippen molar-refractivity contribution in [2.75, 3.05) is 26.3 Å². The second kappa shape index (κ2) is 7.82. The zero-order chi connectivity index (χ0) is 15.1. The fourth-order valence-corrected chi connectivity index (χ4v) is 2.41. The number of carbonyl (C=O) groups excluding carboxylic acids is 1. The molecule has 1 saturated heterocycles. The number of nitrogens with two attached hydrogens (primary N) is 1. The van der Waals surface area contributed by atoms with E-state index in [9.17, 15) is 4.79 Å². The highest BCUT2D eigenvalue weighted by Gasteiger charge is 2.16. The van der Waals surface area contributed by atoms with Gasteiger partial charge in [0.1, 0.15) is 0 Å². The van der Waals surface area contributed by atoms with Crippen molar-refractivity contribution in [3.63, 3.8) is 0 Å². The Kier molecular flexibility index (Phi) is 5.79. The van der Waals surface area contributed by atoms with Crippen LogP contribution in [0.5, 0.6) is 0 Å². The fourth-order valence-electron chi connectivity index (χ4n) is 2.41. The van der Waals surface area contributed by atoms with Gasteiger partial charge in [0, 0.05) is 18.7 Å². The molecule has 3 N–H and O–H groups in total. The third-order valence-corrected chi connectivity index (χ3v) is 3.55. The Hall–Kier alpha value is -1.83. The van der Waals surface area contributed by atoms with E-state index >= 15 is 0 Å². The summed E-state index contributed by atoms with van der Waals surface area (Å²) in [4.78, 5) is 12.3. The number of rotatable bonds is 3. The SMILES string of the molecule is Cc1ccc(C(=O)NCC2CCCOC2)c(C#CCN)c1. The minimum atomic E-state index is -0.0816. The molecule has 1 heterocycles. The predicted molar refractivity (Wildman–Crippen MR) is 83.0 cm³/mol. The summed E-state index contributed by atoms with van der Waals surface area (Å²) in [7, 11) is 0. The Bertz CT molecular complexity index is 552. The Labute approximate surface area is 126 Å². The van der Waals surface area contributed by atoms with Crippen molar-refractivity contribution < 1.29 is 9.53 Å². The number of nitrogens with one attached hydrogen (secondary N) is 1. The van der Waals surface area contributed by atoms with Crippen LogP contribution >= 0.6 is 0 Å². The number of carbonyl (C=O) groups is 1. The number of benzene rings is 1. The molecule has 4 nitrogen and oxygen atoms in total. The quantitative estimate of drug-likeness (QED) is 0.827. The Morgan fingerprint density at radius 1 is 1.52 bits per heavy atom. The van der Waals surface area contributed by atoms with Crippen molar-refractivity contribution in [2.24, 2.45) is 11.7 Å². The van der Waals surface area contributed by atoms with Gasteiger partial charge in [0.2, 0.25) is 0 Å². The molecule has 1 fully saturated rings. The van der Waals surface area contributed by atoms with Crippen molar-refractivity contribution in [1.29, 1.82) is 0 Å². The minimum absolute atomic E-state index is 0.0816. The van der Waals surface area contributed by atoms with E-state index in [1.54, 1.807) is 0 Å². The van der Waals surface area contributed by atoms with Crippen LogP contribution in [0.25, 0.3) is 0 Å². The van der Waals surface area contributed by atoms with Gasteiger partial charge in [0.15, 0.2) is 0 Å². The van der Waals surface area contributed by atoms with Gasteiger partial charge in [-0.15, -0.1) is 0 Å². The van der Waals surface area contributed by atoms with E-state index in [4.69, 9.17) is 10.5 Å². The van der Waals surface area contributed by atoms with Crippen LogP contribution in [0.3, 0.4) is 0 Å². The molecule has 1 aromatic carbocycles. The molecule has 21 heavy (non-hydrogen) atoms. The summed E-state index contributed by atoms with van der Waals surface area (Å²) in [5, 5.41) is 2.99. The fraction of sp³-hybridized carbons (Fsp3) is 0.471. The highest BCUT2D eigenvalue weighted by molar-refractivity contribution is 5.96. The van der Waals surface area contributed by atoms with E-state index in [1.807, 2.05) is 25.1 Å². The second-order valence-corrected chi connectivity index (χ2v) is 5.35. The number of amides is 1. The molecule has 0 aromatic heterocycles. The molecule has 0 radical (unpaired) electrons. The average Bonchev–Trinajstić information content (AvgIpc) is 2.51. The molecular weight excluding hydrogens is 264 g/mol. The highest BCUT2D eigenvalue weighted by Crippen LogP contribution is 2.14. The first-order chi connectivity index (χ1) is 10.2. The van der Waals surface area contributed by atoms with Gasteiger partial charge in [-0.3, -0.25) is 4.79 Å². The number of aryl methyl sites for hydroxylation is 1. The first-order valence-electron chi connectivity index (χ1n) is 7.36. The molecule has 4 heteroatoms. The maximum Gasteiger partial charge on any atom is 0.252 e.